The number of halogens is 1. The average Bonchev–Trinajstić information content (AvgIpc) is 4.18. The molecule has 0 unspecified atom stereocenters. The molecule has 0 amide bonds. The molecule has 6 aromatic rings. The molecule has 2 aliphatic heterocycles. The van der Waals surface area contributed by atoms with Crippen molar-refractivity contribution < 1.29 is 14.3 Å². The first-order valence-electron chi connectivity index (χ1n) is 23.3. The van der Waals surface area contributed by atoms with Crippen LogP contribution in [-0.2, 0) is 11.0 Å². The normalized spacial score (nSPS) is 20.2. The molecule has 4 fully saturated rings. The Hall–Kier alpha value is -5.13. The number of rotatable bonds is 6. The summed E-state index contributed by atoms with van der Waals surface area (Å²) in [6, 6.07) is 7.85. The Morgan fingerprint density at radius 3 is 1.76 bits per heavy atom. The summed E-state index contributed by atoms with van der Waals surface area (Å²) in [5.74, 6) is 10.7. The zero-order valence-corrected chi connectivity index (χ0v) is 42.1. The highest BCUT2D eigenvalue weighted by Gasteiger charge is 2.47. The van der Waals surface area contributed by atoms with Gasteiger partial charge in [0.2, 0.25) is 11.9 Å². The number of hydrogen-bond donors (Lipinski definition) is 6. The fraction of sp³-hybridized carbons (Fsp3) is 0.522. The lowest BCUT2D eigenvalue weighted by atomic mass is 9.74. The first-order valence-corrected chi connectivity index (χ1v) is 25.3. The summed E-state index contributed by atoms with van der Waals surface area (Å²) >= 11 is 3.61. The van der Waals surface area contributed by atoms with Crippen molar-refractivity contribution in [2.75, 3.05) is 36.0 Å². The number of nitrogens with zero attached hydrogens (tertiary/aromatic N) is 12. The molecule has 4 aliphatic rings. The van der Waals surface area contributed by atoms with E-state index in [4.69, 9.17) is 25.7 Å². The second-order valence-electron chi connectivity index (χ2n) is 19.2. The molecule has 22 heteroatoms. The Kier molecular flexibility index (Phi) is 16.5. The van der Waals surface area contributed by atoms with Crippen LogP contribution in [0.25, 0.3) is 22.4 Å². The van der Waals surface area contributed by atoms with Crippen molar-refractivity contribution in [2.45, 2.75) is 116 Å². The van der Waals surface area contributed by atoms with Crippen molar-refractivity contribution in [3.8, 4) is 11.1 Å². The number of aryl methyl sites for hydroxylation is 2. The quantitative estimate of drug-likeness (QED) is 0.0547. The molecule has 364 valence electrons. The molecular formula is C46H66BBrN16O3S. The van der Waals surface area contributed by atoms with Crippen molar-refractivity contribution in [3.05, 3.63) is 89.7 Å². The van der Waals surface area contributed by atoms with Crippen LogP contribution in [0, 0.1) is 24.7 Å². The van der Waals surface area contributed by atoms with Gasteiger partial charge in [-0.3, -0.25) is 18.8 Å². The number of nitrogens with two attached hydrogens (primary N) is 3. The molecule has 2 saturated heterocycles. The zero-order valence-electron chi connectivity index (χ0n) is 39.7. The predicted molar refractivity (Wildman–Crippen MR) is 272 cm³/mol. The van der Waals surface area contributed by atoms with Crippen LogP contribution in [0.15, 0.2) is 88.8 Å². The van der Waals surface area contributed by atoms with Gasteiger partial charge in [-0.2, -0.15) is 0 Å². The smallest absolute Gasteiger partial charge is 0.423 e. The van der Waals surface area contributed by atoms with Crippen molar-refractivity contribution >= 4 is 62.7 Å². The van der Waals surface area contributed by atoms with Gasteiger partial charge in [0.25, 0.3) is 0 Å². The van der Waals surface area contributed by atoms with Crippen molar-refractivity contribution in [3.63, 3.8) is 0 Å². The number of hydrogen-bond acceptors (Lipinski definition) is 14. The summed E-state index contributed by atoms with van der Waals surface area (Å²) in [6.45, 7) is 14.2. The van der Waals surface area contributed by atoms with Gasteiger partial charge >= 0.3 is 7.12 Å². The molecule has 68 heavy (non-hydrogen) atoms. The fourth-order valence-corrected chi connectivity index (χ4v) is 11.6. The summed E-state index contributed by atoms with van der Waals surface area (Å²) in [4.78, 5) is 31.6. The van der Waals surface area contributed by atoms with Gasteiger partial charge in [-0.15, -0.1) is 0 Å². The van der Waals surface area contributed by atoms with Crippen LogP contribution in [0.4, 0.5) is 11.9 Å². The van der Waals surface area contributed by atoms with Gasteiger partial charge in [0.05, 0.1) is 31.6 Å². The maximum Gasteiger partial charge on any atom is 0.488 e. The van der Waals surface area contributed by atoms with Crippen LogP contribution in [-0.4, -0.2) is 103 Å². The first kappa shape index (κ1) is 50.7. The van der Waals surface area contributed by atoms with Gasteiger partial charge in [0, 0.05) is 93.4 Å². The van der Waals surface area contributed by atoms with Gasteiger partial charge in [-0.25, -0.2) is 28.9 Å². The minimum atomic E-state index is -1.38. The van der Waals surface area contributed by atoms with Gasteiger partial charge in [0.1, 0.15) is 5.65 Å². The van der Waals surface area contributed by atoms with Crippen LogP contribution in [0.3, 0.4) is 0 Å². The van der Waals surface area contributed by atoms with Crippen LogP contribution >= 0.6 is 15.9 Å². The molecule has 2 spiro atoms. The Bertz CT molecular complexity index is 2630. The Balaban J connectivity index is 0.000000160. The second kappa shape index (κ2) is 22.1. The van der Waals surface area contributed by atoms with E-state index < -0.39 is 18.1 Å². The number of aromatic nitrogens is 8. The molecule has 9 N–H and O–H groups in total. The van der Waals surface area contributed by atoms with E-state index in [1.165, 1.54) is 44.5 Å². The largest absolute Gasteiger partial charge is 0.488 e. The third-order valence-corrected chi connectivity index (χ3v) is 16.7. The number of imidazole rings is 2. The molecule has 10 rings (SSSR count). The van der Waals surface area contributed by atoms with Crippen LogP contribution in [0.5, 0.6) is 0 Å². The van der Waals surface area contributed by atoms with E-state index in [2.05, 4.69) is 88.2 Å². The highest BCUT2D eigenvalue weighted by atomic mass is 79.9. The monoisotopic (exact) mass is 1010 g/mol. The lowest BCUT2D eigenvalue weighted by Crippen LogP contribution is -2.51. The Morgan fingerprint density at radius 1 is 0.750 bits per heavy atom. The molecule has 19 nitrogen and oxygen atoms in total. The molecule has 2 saturated carbocycles. The summed E-state index contributed by atoms with van der Waals surface area (Å²) in [5.41, 5.74) is 13.6. The third-order valence-electron chi connectivity index (χ3n) is 14.2. The fourth-order valence-electron chi connectivity index (χ4n) is 10.3. The summed E-state index contributed by atoms with van der Waals surface area (Å²) < 4.78 is 21.1. The topological polar surface area (TPSA) is 265 Å². The molecule has 0 radical (unpaired) electrons. The SMILES string of the molecule is Cc1nc(N2CCC3(CCC[C@H]3N)CC2)n2ccnc2c1-c1ccncc1.Cc1nc(N2CCC3(CCC[C@H]3N[S@](=O)C(C)(C)C)CC2)n2ccnc2c1Br.N/N=N/N.OB(O)c1ccncc1. The van der Waals surface area contributed by atoms with E-state index in [9.17, 15) is 4.21 Å². The van der Waals surface area contributed by atoms with E-state index in [-0.39, 0.29) is 10.2 Å². The van der Waals surface area contributed by atoms with Gasteiger partial charge < -0.3 is 37.3 Å². The Morgan fingerprint density at radius 2 is 1.25 bits per heavy atom. The van der Waals surface area contributed by atoms with Crippen molar-refractivity contribution in [1.82, 2.24) is 43.4 Å². The first-order chi connectivity index (χ1) is 32.6. The van der Waals surface area contributed by atoms with Gasteiger partial charge in [-0.1, -0.05) is 23.3 Å². The molecule has 2 aliphatic carbocycles. The Labute approximate surface area is 409 Å². The lowest BCUT2D eigenvalue weighted by molar-refractivity contribution is 0.187. The number of fused-ring (bicyclic) bond motifs is 2. The highest BCUT2D eigenvalue weighted by molar-refractivity contribution is 9.10. The maximum absolute atomic E-state index is 12.7. The van der Waals surface area contributed by atoms with Gasteiger partial charge in [-0.05, 0) is 148 Å². The number of nitrogens with one attached hydrogen (secondary N) is 1. The molecule has 8 heterocycles. The van der Waals surface area contributed by atoms with E-state index in [1.807, 2.05) is 77.0 Å². The molecule has 6 aromatic heterocycles. The highest BCUT2D eigenvalue weighted by Crippen LogP contribution is 2.48. The number of pyridine rings is 2. The predicted octanol–water partition coefficient (Wildman–Crippen LogP) is 5.14. The van der Waals surface area contributed by atoms with E-state index in [0.29, 0.717) is 23.0 Å². The van der Waals surface area contributed by atoms with Gasteiger partial charge in [0.15, 0.2) is 5.65 Å². The van der Waals surface area contributed by atoms with E-state index in [1.54, 1.807) is 12.1 Å². The summed E-state index contributed by atoms with van der Waals surface area (Å²) in [6.07, 6.45) is 26.2. The van der Waals surface area contributed by atoms with E-state index >= 15 is 0 Å². The molecular weight excluding hydrogens is 947 g/mol. The minimum Gasteiger partial charge on any atom is -0.423 e. The van der Waals surface area contributed by atoms with Crippen LogP contribution < -0.4 is 37.4 Å². The summed E-state index contributed by atoms with van der Waals surface area (Å²) in [5, 5.41) is 22.4. The zero-order chi connectivity index (χ0) is 48.6. The average molecular weight is 1010 g/mol. The third kappa shape index (κ3) is 11.2. The number of piperidine rings is 2. The van der Waals surface area contributed by atoms with E-state index in [0.717, 1.165) is 108 Å². The lowest BCUT2D eigenvalue weighted by Gasteiger charge is -2.44. The molecule has 0 bridgehead atoms. The van der Waals surface area contributed by atoms with Crippen LogP contribution in [0.1, 0.15) is 96.4 Å². The summed E-state index contributed by atoms with van der Waals surface area (Å²) in [7, 11) is -2.39. The number of anilines is 2. The minimum absolute atomic E-state index is 0.226. The molecule has 0 aromatic carbocycles. The van der Waals surface area contributed by atoms with Crippen molar-refractivity contribution in [1.29, 1.82) is 0 Å². The molecule has 3 atom stereocenters. The van der Waals surface area contributed by atoms with Crippen LogP contribution in [0.2, 0.25) is 0 Å². The standard InChI is InChI=1S/C21H26N6.C20H30BrN5OS.C5H6BNO2.H4N4/c1-15-18(16-4-9-23-10-5-16)19-24-11-14-27(19)20(25-15)26-12-7-21(8-13-26)6-2-3-17(21)22;1-14-16(21)17-22-10-13-26(17)18(23-14)25-11-8-20(9-12-25)7-5-6-15(20)24-28(27)19(2,3)4;8-6(9)5-1-3-7-4-2-5;1-3-4-2/h4-5,9-11,14,17H,2-3,6-8,12-13,22H2,1H3;10,13,15,24H,5-9,11-12H2,1-4H3;1-4,8-9H;(H2,1,4)(H2,2,3)/t17-;15-,28-;;/m11../s1. The maximum atomic E-state index is 12.7. The second-order valence-corrected chi connectivity index (χ2v) is 22.0. The van der Waals surface area contributed by atoms with Crippen molar-refractivity contribution in [2.24, 2.45) is 38.7 Å².